The van der Waals surface area contributed by atoms with E-state index in [4.69, 9.17) is 5.11 Å². The van der Waals surface area contributed by atoms with Gasteiger partial charge in [0, 0.05) is 24.5 Å². The molecule has 1 aliphatic rings. The quantitative estimate of drug-likeness (QED) is 0.671. The average Bonchev–Trinajstić information content (AvgIpc) is 2.87. The zero-order chi connectivity index (χ0) is 14.0. The summed E-state index contributed by atoms with van der Waals surface area (Å²) in [6, 6.07) is 1.23. The molecule has 1 atom stereocenters. The van der Waals surface area contributed by atoms with Crippen molar-refractivity contribution in [1.29, 1.82) is 0 Å². The molecule has 1 aromatic heterocycles. The molecule has 102 valence electrons. The molecule has 0 unspecified atom stereocenters. The molecule has 1 N–H and O–H groups in total. The summed E-state index contributed by atoms with van der Waals surface area (Å²) in [5, 5.41) is 20.9. The molecule has 8 heteroatoms. The van der Waals surface area contributed by atoms with E-state index in [-0.39, 0.29) is 23.0 Å². The normalized spacial score (nSPS) is 19.2. The van der Waals surface area contributed by atoms with Crippen LogP contribution in [-0.2, 0) is 4.79 Å². The summed E-state index contributed by atoms with van der Waals surface area (Å²) < 4.78 is 0. The predicted molar refractivity (Wildman–Crippen MR) is 67.2 cm³/mol. The van der Waals surface area contributed by atoms with E-state index < -0.39 is 16.8 Å². The van der Waals surface area contributed by atoms with Crippen molar-refractivity contribution in [2.24, 2.45) is 5.92 Å². The van der Waals surface area contributed by atoms with Crippen molar-refractivity contribution >= 4 is 28.2 Å². The number of carboxylic acid groups (broad SMARTS) is 1. The number of rotatable bonds is 3. The number of thiophene rings is 1. The van der Waals surface area contributed by atoms with Gasteiger partial charge in [-0.1, -0.05) is 11.3 Å². The van der Waals surface area contributed by atoms with Crippen LogP contribution in [-0.4, -0.2) is 39.9 Å². The van der Waals surface area contributed by atoms with Crippen molar-refractivity contribution < 1.29 is 19.6 Å². The third-order valence-electron chi connectivity index (χ3n) is 3.07. The summed E-state index contributed by atoms with van der Waals surface area (Å²) in [5.74, 6) is -1.80. The number of nitrogens with zero attached hydrogens (tertiary/aromatic N) is 2. The highest BCUT2D eigenvalue weighted by Crippen LogP contribution is 2.25. The Balaban J connectivity index is 2.10. The zero-order valence-corrected chi connectivity index (χ0v) is 10.8. The fourth-order valence-corrected chi connectivity index (χ4v) is 2.78. The molecule has 0 spiro atoms. The van der Waals surface area contributed by atoms with Crippen LogP contribution in [0.2, 0.25) is 0 Å². The minimum absolute atomic E-state index is 0.0878. The van der Waals surface area contributed by atoms with Gasteiger partial charge in [0.25, 0.3) is 5.91 Å². The molecule has 7 nitrogen and oxygen atoms in total. The second-order valence-electron chi connectivity index (χ2n) is 4.36. The van der Waals surface area contributed by atoms with Crippen LogP contribution in [0.1, 0.15) is 23.2 Å². The van der Waals surface area contributed by atoms with E-state index >= 15 is 0 Å². The molecule has 2 heterocycles. The lowest BCUT2D eigenvalue weighted by molar-refractivity contribution is -0.380. The summed E-state index contributed by atoms with van der Waals surface area (Å²) in [6.45, 7) is 0.657. The summed E-state index contributed by atoms with van der Waals surface area (Å²) in [7, 11) is 0. The SMILES string of the molecule is O=C(O)[C@@H]1CCCN(C(=O)c2csc([N+](=O)[O-])c2)C1. The maximum absolute atomic E-state index is 12.1. The van der Waals surface area contributed by atoms with E-state index in [1.54, 1.807) is 0 Å². The highest BCUT2D eigenvalue weighted by atomic mass is 32.1. The van der Waals surface area contributed by atoms with E-state index in [1.165, 1.54) is 16.3 Å². The van der Waals surface area contributed by atoms with Crippen molar-refractivity contribution in [1.82, 2.24) is 4.90 Å². The second kappa shape index (κ2) is 5.35. The standard InChI is InChI=1S/C11H12N2O5S/c14-10(8-4-9(13(17)18)19-6-8)12-3-1-2-7(5-12)11(15)16/h4,6-7H,1-3,5H2,(H,15,16)/t7-/m1/s1. The Morgan fingerprint density at radius 2 is 2.26 bits per heavy atom. The van der Waals surface area contributed by atoms with Crippen LogP contribution in [0.15, 0.2) is 11.4 Å². The predicted octanol–water partition coefficient (Wildman–Crippen LogP) is 1.59. The van der Waals surface area contributed by atoms with E-state index in [0.29, 0.717) is 19.4 Å². The van der Waals surface area contributed by atoms with Crippen LogP contribution in [0, 0.1) is 16.0 Å². The topological polar surface area (TPSA) is 101 Å². The number of hydrogen-bond donors (Lipinski definition) is 1. The van der Waals surface area contributed by atoms with Gasteiger partial charge in [-0.25, -0.2) is 0 Å². The minimum Gasteiger partial charge on any atom is -0.481 e. The average molecular weight is 284 g/mol. The van der Waals surface area contributed by atoms with Gasteiger partial charge in [0.1, 0.15) is 0 Å². The number of likely N-dealkylation sites (tertiary alicyclic amines) is 1. The number of piperidine rings is 1. The van der Waals surface area contributed by atoms with Gasteiger partial charge in [0.05, 0.1) is 16.4 Å². The highest BCUT2D eigenvalue weighted by molar-refractivity contribution is 7.13. The van der Waals surface area contributed by atoms with Crippen molar-refractivity contribution in [2.75, 3.05) is 13.1 Å². The van der Waals surface area contributed by atoms with Gasteiger partial charge in [-0.3, -0.25) is 19.7 Å². The molecule has 0 aliphatic carbocycles. The maximum Gasteiger partial charge on any atom is 0.324 e. The van der Waals surface area contributed by atoms with Crippen LogP contribution in [0.25, 0.3) is 0 Å². The van der Waals surface area contributed by atoms with Crippen molar-refractivity contribution in [3.8, 4) is 0 Å². The maximum atomic E-state index is 12.1. The summed E-state index contributed by atoms with van der Waals surface area (Å²) >= 11 is 0.894. The first-order valence-corrected chi connectivity index (χ1v) is 6.62. The smallest absolute Gasteiger partial charge is 0.324 e. The van der Waals surface area contributed by atoms with Gasteiger partial charge in [-0.05, 0) is 12.8 Å². The molecular formula is C11H12N2O5S. The Hall–Kier alpha value is -1.96. The van der Waals surface area contributed by atoms with Crippen molar-refractivity contribution in [3.63, 3.8) is 0 Å². The van der Waals surface area contributed by atoms with Crippen LogP contribution in [0.5, 0.6) is 0 Å². The molecule has 1 saturated heterocycles. The van der Waals surface area contributed by atoms with Gasteiger partial charge in [-0.2, -0.15) is 0 Å². The van der Waals surface area contributed by atoms with Crippen LogP contribution in [0.4, 0.5) is 5.00 Å². The molecular weight excluding hydrogens is 272 g/mol. The molecule has 0 saturated carbocycles. The third-order valence-corrected chi connectivity index (χ3v) is 3.95. The number of nitro groups is 1. The number of carbonyl (C=O) groups excluding carboxylic acids is 1. The molecule has 0 radical (unpaired) electrons. The molecule has 1 aliphatic heterocycles. The van der Waals surface area contributed by atoms with Crippen LogP contribution in [0.3, 0.4) is 0 Å². The first kappa shape index (κ1) is 13.5. The summed E-state index contributed by atoms with van der Waals surface area (Å²) in [4.78, 5) is 34.5. The lowest BCUT2D eigenvalue weighted by Crippen LogP contribution is -2.42. The second-order valence-corrected chi connectivity index (χ2v) is 5.25. The lowest BCUT2D eigenvalue weighted by Gasteiger charge is -2.30. The van der Waals surface area contributed by atoms with Crippen molar-refractivity contribution in [3.05, 3.63) is 27.1 Å². The van der Waals surface area contributed by atoms with Crippen LogP contribution >= 0.6 is 11.3 Å². The first-order valence-electron chi connectivity index (χ1n) is 5.74. The Kier molecular flexibility index (Phi) is 3.79. The number of carboxylic acids is 1. The van der Waals surface area contributed by atoms with Gasteiger partial charge in [0.15, 0.2) is 0 Å². The van der Waals surface area contributed by atoms with E-state index in [9.17, 15) is 19.7 Å². The highest BCUT2D eigenvalue weighted by Gasteiger charge is 2.29. The zero-order valence-electron chi connectivity index (χ0n) is 9.94. The molecule has 19 heavy (non-hydrogen) atoms. The van der Waals surface area contributed by atoms with Gasteiger partial charge < -0.3 is 10.0 Å². The molecule has 1 aromatic rings. The number of carbonyl (C=O) groups is 2. The Morgan fingerprint density at radius 3 is 2.84 bits per heavy atom. The van der Waals surface area contributed by atoms with Gasteiger partial charge in [-0.15, -0.1) is 0 Å². The number of hydrogen-bond acceptors (Lipinski definition) is 5. The summed E-state index contributed by atoms with van der Waals surface area (Å²) in [5.41, 5.74) is 0.253. The van der Waals surface area contributed by atoms with E-state index in [2.05, 4.69) is 0 Å². The van der Waals surface area contributed by atoms with Crippen molar-refractivity contribution in [2.45, 2.75) is 12.8 Å². The van der Waals surface area contributed by atoms with E-state index in [1.807, 2.05) is 0 Å². The Morgan fingerprint density at radius 1 is 1.53 bits per heavy atom. The molecule has 0 aromatic carbocycles. The van der Waals surface area contributed by atoms with Gasteiger partial charge in [0.2, 0.25) is 0 Å². The molecule has 1 fully saturated rings. The molecule has 0 bridgehead atoms. The third kappa shape index (κ3) is 2.90. The Bertz CT molecular complexity index is 527. The van der Waals surface area contributed by atoms with Crippen LogP contribution < -0.4 is 0 Å². The fourth-order valence-electron chi connectivity index (χ4n) is 2.08. The monoisotopic (exact) mass is 284 g/mol. The minimum atomic E-state index is -0.909. The Labute approximate surface area is 112 Å². The lowest BCUT2D eigenvalue weighted by atomic mass is 9.98. The largest absolute Gasteiger partial charge is 0.481 e. The number of aliphatic carboxylic acids is 1. The first-order chi connectivity index (χ1) is 8.99. The van der Waals surface area contributed by atoms with E-state index in [0.717, 1.165) is 11.3 Å². The fraction of sp³-hybridized carbons (Fsp3) is 0.455. The molecule has 2 rings (SSSR count). The van der Waals surface area contributed by atoms with Gasteiger partial charge >= 0.3 is 11.0 Å². The summed E-state index contributed by atoms with van der Waals surface area (Å²) in [6.07, 6.45) is 1.19. The number of amides is 1. The molecule has 1 amide bonds.